The molecule has 2 saturated heterocycles. The van der Waals surface area contributed by atoms with Gasteiger partial charge in [-0.25, -0.2) is 4.98 Å². The van der Waals surface area contributed by atoms with E-state index in [0.29, 0.717) is 18.5 Å². The Bertz CT molecular complexity index is 686. The van der Waals surface area contributed by atoms with Crippen LogP contribution in [0.25, 0.3) is 5.65 Å². The maximum absolute atomic E-state index is 12.4. The van der Waals surface area contributed by atoms with Crippen molar-refractivity contribution in [3.63, 3.8) is 0 Å². The van der Waals surface area contributed by atoms with Crippen LogP contribution in [-0.2, 0) is 11.2 Å². The number of hydrogen-bond donors (Lipinski definition) is 0. The summed E-state index contributed by atoms with van der Waals surface area (Å²) in [4.78, 5) is 21.6. The van der Waals surface area contributed by atoms with E-state index < -0.39 is 0 Å². The first-order valence-corrected chi connectivity index (χ1v) is 9.17. The summed E-state index contributed by atoms with van der Waals surface area (Å²) in [5, 5.41) is 0. The molecule has 2 aromatic rings. The summed E-state index contributed by atoms with van der Waals surface area (Å²) in [5.74, 6) is 0.271. The molecule has 0 radical (unpaired) electrons. The lowest BCUT2D eigenvalue weighted by Crippen LogP contribution is -2.63. The Kier molecular flexibility index (Phi) is 4.27. The van der Waals surface area contributed by atoms with Crippen molar-refractivity contribution in [3.05, 3.63) is 36.3 Å². The summed E-state index contributed by atoms with van der Waals surface area (Å²) < 4.78 is 2.01. The highest BCUT2D eigenvalue weighted by Gasteiger charge is 2.37. The number of amides is 1. The van der Waals surface area contributed by atoms with Crippen LogP contribution in [0.1, 0.15) is 38.3 Å². The van der Waals surface area contributed by atoms with Crippen LogP contribution in [-0.4, -0.2) is 56.8 Å². The van der Waals surface area contributed by atoms with Gasteiger partial charge in [-0.2, -0.15) is 0 Å². The summed E-state index contributed by atoms with van der Waals surface area (Å²) >= 11 is 0. The van der Waals surface area contributed by atoms with Crippen LogP contribution < -0.4 is 0 Å². The number of aromatic nitrogens is 2. The van der Waals surface area contributed by atoms with Gasteiger partial charge < -0.3 is 9.30 Å². The fourth-order valence-electron chi connectivity index (χ4n) is 4.03. The first-order chi connectivity index (χ1) is 11.7. The number of aryl methyl sites for hydroxylation is 1. The van der Waals surface area contributed by atoms with Gasteiger partial charge in [0.05, 0.1) is 5.69 Å². The Balaban J connectivity index is 1.27. The summed E-state index contributed by atoms with van der Waals surface area (Å²) in [7, 11) is 0. The van der Waals surface area contributed by atoms with Crippen molar-refractivity contribution >= 4 is 11.6 Å². The second-order valence-electron chi connectivity index (χ2n) is 7.23. The third kappa shape index (κ3) is 3.05. The number of imidazole rings is 1. The van der Waals surface area contributed by atoms with Gasteiger partial charge in [0.2, 0.25) is 5.91 Å². The van der Waals surface area contributed by atoms with Crippen LogP contribution in [0.5, 0.6) is 0 Å². The zero-order valence-electron chi connectivity index (χ0n) is 14.4. The van der Waals surface area contributed by atoms with Crippen molar-refractivity contribution in [3.8, 4) is 0 Å². The van der Waals surface area contributed by atoms with Gasteiger partial charge >= 0.3 is 0 Å². The molecule has 2 aliphatic rings. The molecule has 0 unspecified atom stereocenters. The minimum Gasteiger partial charge on any atom is -0.339 e. The second-order valence-corrected chi connectivity index (χ2v) is 7.23. The summed E-state index contributed by atoms with van der Waals surface area (Å²) in [6, 6.07) is 7.23. The SMILES string of the molecule is C[C@H]1CCCCN1C1CN(C(=O)CCc2cn3ccccc3n2)C1. The summed E-state index contributed by atoms with van der Waals surface area (Å²) in [5.41, 5.74) is 1.94. The van der Waals surface area contributed by atoms with Gasteiger partial charge in [-0.3, -0.25) is 9.69 Å². The van der Waals surface area contributed by atoms with E-state index in [1.165, 1.54) is 25.8 Å². The van der Waals surface area contributed by atoms with Crippen molar-refractivity contribution < 1.29 is 4.79 Å². The van der Waals surface area contributed by atoms with Gasteiger partial charge in [0.15, 0.2) is 0 Å². The smallest absolute Gasteiger partial charge is 0.223 e. The van der Waals surface area contributed by atoms with Gasteiger partial charge in [0.25, 0.3) is 0 Å². The van der Waals surface area contributed by atoms with E-state index in [2.05, 4.69) is 16.8 Å². The van der Waals surface area contributed by atoms with Crippen molar-refractivity contribution in [2.24, 2.45) is 0 Å². The molecule has 4 heterocycles. The number of carbonyl (C=O) groups excluding carboxylic acids is 1. The molecule has 2 aliphatic heterocycles. The summed E-state index contributed by atoms with van der Waals surface area (Å²) in [6.07, 6.45) is 9.27. The Morgan fingerprint density at radius 3 is 2.96 bits per heavy atom. The van der Waals surface area contributed by atoms with Crippen molar-refractivity contribution in [1.82, 2.24) is 19.2 Å². The third-order valence-corrected chi connectivity index (χ3v) is 5.55. The van der Waals surface area contributed by atoms with Crippen LogP contribution in [0.15, 0.2) is 30.6 Å². The molecule has 0 aromatic carbocycles. The third-order valence-electron chi connectivity index (χ3n) is 5.55. The van der Waals surface area contributed by atoms with Gasteiger partial charge in [0.1, 0.15) is 5.65 Å². The predicted molar refractivity (Wildman–Crippen MR) is 93.9 cm³/mol. The quantitative estimate of drug-likeness (QED) is 0.866. The largest absolute Gasteiger partial charge is 0.339 e. The number of likely N-dealkylation sites (tertiary alicyclic amines) is 2. The first kappa shape index (κ1) is 15.6. The molecule has 0 spiro atoms. The molecular formula is C19H26N4O. The lowest BCUT2D eigenvalue weighted by Gasteiger charge is -2.49. The molecule has 5 nitrogen and oxygen atoms in total. The fourth-order valence-corrected chi connectivity index (χ4v) is 4.03. The highest BCUT2D eigenvalue weighted by Crippen LogP contribution is 2.25. The minimum absolute atomic E-state index is 0.271. The summed E-state index contributed by atoms with van der Waals surface area (Å²) in [6.45, 7) is 5.35. The predicted octanol–water partition coefficient (Wildman–Crippen LogP) is 2.35. The van der Waals surface area contributed by atoms with E-state index in [4.69, 9.17) is 0 Å². The van der Waals surface area contributed by atoms with Crippen LogP contribution in [0, 0.1) is 0 Å². The Labute approximate surface area is 143 Å². The molecule has 0 aliphatic carbocycles. The molecule has 0 N–H and O–H groups in total. The highest BCUT2D eigenvalue weighted by atomic mass is 16.2. The van der Waals surface area contributed by atoms with Crippen molar-refractivity contribution in [1.29, 1.82) is 0 Å². The zero-order valence-corrected chi connectivity index (χ0v) is 14.4. The zero-order chi connectivity index (χ0) is 16.5. The molecule has 128 valence electrons. The van der Waals surface area contributed by atoms with Crippen LogP contribution in [0.3, 0.4) is 0 Å². The average Bonchev–Trinajstić information content (AvgIpc) is 2.96. The molecular weight excluding hydrogens is 300 g/mol. The standard InChI is InChI=1S/C19H26N4O/c1-15-6-2-5-11-23(15)17-13-22(14-17)19(24)9-8-16-12-21-10-4-3-7-18(21)20-16/h3-4,7,10,12,15,17H,2,5-6,8-9,11,13-14H2,1H3/t15-/m0/s1. The number of hydrogen-bond acceptors (Lipinski definition) is 3. The molecule has 4 rings (SSSR count). The molecule has 0 bridgehead atoms. The molecule has 5 heteroatoms. The normalized spacial score (nSPS) is 22.7. The van der Waals surface area contributed by atoms with Gasteiger partial charge in [-0.1, -0.05) is 12.5 Å². The van der Waals surface area contributed by atoms with Crippen molar-refractivity contribution in [2.75, 3.05) is 19.6 Å². The maximum Gasteiger partial charge on any atom is 0.223 e. The first-order valence-electron chi connectivity index (χ1n) is 9.17. The number of pyridine rings is 1. The van der Waals surface area contributed by atoms with Gasteiger partial charge in [0, 0.05) is 44.0 Å². The van der Waals surface area contributed by atoms with Crippen molar-refractivity contribution in [2.45, 2.75) is 51.1 Å². The van der Waals surface area contributed by atoms with Gasteiger partial charge in [-0.05, 0) is 44.9 Å². The topological polar surface area (TPSA) is 40.9 Å². The number of carbonyl (C=O) groups is 1. The van der Waals surface area contributed by atoms with E-state index in [1.54, 1.807) is 0 Å². The van der Waals surface area contributed by atoms with E-state index in [0.717, 1.165) is 30.9 Å². The van der Waals surface area contributed by atoms with E-state index in [-0.39, 0.29) is 5.91 Å². The maximum atomic E-state index is 12.4. The molecule has 0 saturated carbocycles. The number of fused-ring (bicyclic) bond motifs is 1. The number of piperidine rings is 1. The van der Waals surface area contributed by atoms with Gasteiger partial charge in [-0.15, -0.1) is 0 Å². The molecule has 1 atom stereocenters. The number of nitrogens with zero attached hydrogens (tertiary/aromatic N) is 4. The Hall–Kier alpha value is -1.88. The lowest BCUT2D eigenvalue weighted by molar-refractivity contribution is -0.139. The minimum atomic E-state index is 0.271. The molecule has 2 fully saturated rings. The van der Waals surface area contributed by atoms with Crippen LogP contribution >= 0.6 is 0 Å². The van der Waals surface area contributed by atoms with Crippen LogP contribution in [0.4, 0.5) is 0 Å². The molecule has 24 heavy (non-hydrogen) atoms. The van der Waals surface area contributed by atoms with E-state index in [1.807, 2.05) is 39.9 Å². The number of rotatable bonds is 4. The molecule has 2 aromatic heterocycles. The molecule has 1 amide bonds. The van der Waals surface area contributed by atoms with Crippen LogP contribution in [0.2, 0.25) is 0 Å². The van der Waals surface area contributed by atoms with E-state index >= 15 is 0 Å². The Morgan fingerprint density at radius 2 is 2.17 bits per heavy atom. The Morgan fingerprint density at radius 1 is 1.29 bits per heavy atom. The fraction of sp³-hybridized carbons (Fsp3) is 0.579. The van der Waals surface area contributed by atoms with E-state index in [9.17, 15) is 4.79 Å². The average molecular weight is 326 g/mol. The lowest BCUT2D eigenvalue weighted by atomic mass is 9.97. The second kappa shape index (κ2) is 6.55. The highest BCUT2D eigenvalue weighted by molar-refractivity contribution is 5.77. The monoisotopic (exact) mass is 326 g/mol.